The van der Waals surface area contributed by atoms with E-state index in [1.807, 2.05) is 38.4 Å². The fourth-order valence-electron chi connectivity index (χ4n) is 2.75. The average Bonchev–Trinajstić information content (AvgIpc) is 3.32. The van der Waals surface area contributed by atoms with Gasteiger partial charge >= 0.3 is 0 Å². The number of methoxy groups -OCH3 is 1. The maximum Gasteiger partial charge on any atom is 0.273 e. The van der Waals surface area contributed by atoms with E-state index in [2.05, 4.69) is 15.4 Å². The number of likely N-dealkylation sites (N-methyl/N-ethyl adjacent to an activating group) is 1. The normalized spacial score (nSPS) is 15.3. The van der Waals surface area contributed by atoms with E-state index in [-0.39, 0.29) is 11.9 Å². The molecule has 1 aliphatic rings. The number of benzene rings is 1. The molecule has 0 saturated heterocycles. The number of rotatable bonds is 7. The number of carbonyl (C=O) groups is 1. The van der Waals surface area contributed by atoms with Gasteiger partial charge < -0.3 is 19.5 Å². The maximum absolute atomic E-state index is 12.3. The highest BCUT2D eigenvalue weighted by molar-refractivity contribution is 5.92. The van der Waals surface area contributed by atoms with Gasteiger partial charge in [0.05, 0.1) is 13.2 Å². The van der Waals surface area contributed by atoms with Crippen LogP contribution in [0.15, 0.2) is 34.9 Å². The van der Waals surface area contributed by atoms with E-state index in [4.69, 9.17) is 9.26 Å². The van der Waals surface area contributed by atoms with Crippen LogP contribution in [0, 0.1) is 0 Å². The van der Waals surface area contributed by atoms with Crippen LogP contribution in [0.3, 0.4) is 0 Å². The molecular weight excluding hydrogens is 306 g/mol. The standard InChI is InChI=1S/C18H23N3O3/c1-21(2)15(13-6-4-5-7-16(13)23-3)11-19-18(22)14-10-17(24-20-14)12-8-9-12/h4-7,10,12,15H,8-9,11H2,1-3H3,(H,19,22). The Labute approximate surface area is 141 Å². The molecular formula is C18H23N3O3. The highest BCUT2D eigenvalue weighted by atomic mass is 16.5. The minimum absolute atomic E-state index is 0.0000893. The first-order chi connectivity index (χ1) is 11.6. The first-order valence-electron chi connectivity index (χ1n) is 8.14. The van der Waals surface area contributed by atoms with Crippen molar-refractivity contribution in [2.75, 3.05) is 27.7 Å². The molecule has 0 bridgehead atoms. The Kier molecular flexibility index (Phi) is 4.85. The maximum atomic E-state index is 12.3. The topological polar surface area (TPSA) is 67.6 Å². The van der Waals surface area contributed by atoms with Crippen molar-refractivity contribution in [1.82, 2.24) is 15.4 Å². The Bertz CT molecular complexity index is 707. The minimum Gasteiger partial charge on any atom is -0.496 e. The van der Waals surface area contributed by atoms with Crippen LogP contribution in [-0.2, 0) is 0 Å². The van der Waals surface area contributed by atoms with Crippen LogP contribution in [0.5, 0.6) is 5.75 Å². The van der Waals surface area contributed by atoms with Crippen molar-refractivity contribution in [3.8, 4) is 5.75 Å². The molecule has 2 aromatic rings. The molecule has 1 aromatic carbocycles. The molecule has 0 spiro atoms. The van der Waals surface area contributed by atoms with Crippen molar-refractivity contribution in [3.05, 3.63) is 47.3 Å². The summed E-state index contributed by atoms with van der Waals surface area (Å²) in [5, 5.41) is 6.83. The van der Waals surface area contributed by atoms with Crippen molar-refractivity contribution >= 4 is 5.91 Å². The number of ether oxygens (including phenoxy) is 1. The fraction of sp³-hybridized carbons (Fsp3) is 0.444. The van der Waals surface area contributed by atoms with E-state index >= 15 is 0 Å². The molecule has 1 atom stereocenters. The number of carbonyl (C=O) groups excluding carboxylic acids is 1. The zero-order chi connectivity index (χ0) is 17.1. The summed E-state index contributed by atoms with van der Waals surface area (Å²) in [4.78, 5) is 14.4. The minimum atomic E-state index is -0.215. The summed E-state index contributed by atoms with van der Waals surface area (Å²) in [6.07, 6.45) is 2.24. The summed E-state index contributed by atoms with van der Waals surface area (Å²) in [5.41, 5.74) is 1.37. The van der Waals surface area contributed by atoms with Crippen molar-refractivity contribution in [2.24, 2.45) is 0 Å². The highest BCUT2D eigenvalue weighted by Gasteiger charge is 2.29. The lowest BCUT2D eigenvalue weighted by Gasteiger charge is -2.26. The lowest BCUT2D eigenvalue weighted by molar-refractivity contribution is 0.0932. The molecule has 0 aliphatic heterocycles. The number of amides is 1. The predicted octanol–water partition coefficient (Wildman–Crippen LogP) is 2.59. The second-order valence-electron chi connectivity index (χ2n) is 6.32. The van der Waals surface area contributed by atoms with E-state index in [9.17, 15) is 4.79 Å². The smallest absolute Gasteiger partial charge is 0.273 e. The molecule has 6 heteroatoms. The number of nitrogens with one attached hydrogen (secondary N) is 1. The second-order valence-corrected chi connectivity index (χ2v) is 6.32. The van der Waals surface area contributed by atoms with E-state index in [1.54, 1.807) is 13.2 Å². The molecule has 6 nitrogen and oxygen atoms in total. The van der Waals surface area contributed by atoms with Gasteiger partial charge in [0.1, 0.15) is 11.5 Å². The van der Waals surface area contributed by atoms with Crippen LogP contribution in [-0.4, -0.2) is 43.7 Å². The van der Waals surface area contributed by atoms with Gasteiger partial charge in [-0.05, 0) is 33.0 Å². The predicted molar refractivity (Wildman–Crippen MR) is 90.2 cm³/mol. The monoisotopic (exact) mass is 329 g/mol. The Morgan fingerprint density at radius 3 is 2.83 bits per heavy atom. The number of nitrogens with zero attached hydrogens (tertiary/aromatic N) is 2. The van der Waals surface area contributed by atoms with Crippen LogP contribution in [0.1, 0.15) is 46.6 Å². The van der Waals surface area contributed by atoms with Gasteiger partial charge in [-0.15, -0.1) is 0 Å². The SMILES string of the molecule is COc1ccccc1C(CNC(=O)c1cc(C2CC2)on1)N(C)C. The molecule has 1 fully saturated rings. The van der Waals surface area contributed by atoms with Gasteiger partial charge in [0, 0.05) is 24.1 Å². The number of para-hydroxylation sites is 1. The van der Waals surface area contributed by atoms with Gasteiger partial charge in [-0.3, -0.25) is 4.79 Å². The fourth-order valence-corrected chi connectivity index (χ4v) is 2.75. The molecule has 1 N–H and O–H groups in total. The molecule has 128 valence electrons. The van der Waals surface area contributed by atoms with E-state index < -0.39 is 0 Å². The van der Waals surface area contributed by atoms with E-state index in [0.29, 0.717) is 18.2 Å². The third-order valence-electron chi connectivity index (χ3n) is 4.32. The summed E-state index contributed by atoms with van der Waals surface area (Å²) in [5.74, 6) is 1.85. The Balaban J connectivity index is 1.68. The first-order valence-corrected chi connectivity index (χ1v) is 8.14. The van der Waals surface area contributed by atoms with Crippen LogP contribution in [0.4, 0.5) is 0 Å². The van der Waals surface area contributed by atoms with Crippen LogP contribution < -0.4 is 10.1 Å². The quantitative estimate of drug-likeness (QED) is 0.846. The van der Waals surface area contributed by atoms with Gasteiger partial charge in [-0.2, -0.15) is 0 Å². The third kappa shape index (κ3) is 3.59. The summed E-state index contributed by atoms with van der Waals surface area (Å²) in [7, 11) is 5.61. The van der Waals surface area contributed by atoms with Gasteiger partial charge in [-0.25, -0.2) is 0 Å². The number of aromatic nitrogens is 1. The van der Waals surface area contributed by atoms with Gasteiger partial charge in [0.15, 0.2) is 5.69 Å². The van der Waals surface area contributed by atoms with Crippen LogP contribution >= 0.6 is 0 Å². The second kappa shape index (κ2) is 7.05. The van der Waals surface area contributed by atoms with Crippen LogP contribution in [0.25, 0.3) is 0 Å². The first kappa shape index (κ1) is 16.5. The summed E-state index contributed by atoms with van der Waals surface area (Å²) in [6, 6.07) is 9.59. The molecule has 1 heterocycles. The Hall–Kier alpha value is -2.34. The Morgan fingerprint density at radius 1 is 1.42 bits per heavy atom. The zero-order valence-electron chi connectivity index (χ0n) is 14.3. The average molecular weight is 329 g/mol. The van der Waals surface area contributed by atoms with Crippen molar-refractivity contribution in [3.63, 3.8) is 0 Å². The van der Waals surface area contributed by atoms with E-state index in [0.717, 1.165) is 29.9 Å². The Morgan fingerprint density at radius 2 is 2.17 bits per heavy atom. The number of hydrogen-bond donors (Lipinski definition) is 1. The zero-order valence-corrected chi connectivity index (χ0v) is 14.3. The van der Waals surface area contributed by atoms with Crippen molar-refractivity contribution < 1.29 is 14.1 Å². The lowest BCUT2D eigenvalue weighted by Crippen LogP contribution is -2.34. The molecule has 3 rings (SSSR count). The molecule has 1 amide bonds. The summed E-state index contributed by atoms with van der Waals surface area (Å²) < 4.78 is 10.7. The largest absolute Gasteiger partial charge is 0.496 e. The third-order valence-corrected chi connectivity index (χ3v) is 4.32. The summed E-state index contributed by atoms with van der Waals surface area (Å²) >= 11 is 0. The van der Waals surface area contributed by atoms with Crippen LogP contribution in [0.2, 0.25) is 0 Å². The molecule has 1 aromatic heterocycles. The summed E-state index contributed by atoms with van der Waals surface area (Å²) in [6.45, 7) is 0.456. The molecule has 1 aliphatic carbocycles. The molecule has 1 saturated carbocycles. The molecule has 24 heavy (non-hydrogen) atoms. The lowest BCUT2D eigenvalue weighted by atomic mass is 10.0. The number of hydrogen-bond acceptors (Lipinski definition) is 5. The highest BCUT2D eigenvalue weighted by Crippen LogP contribution is 2.40. The van der Waals surface area contributed by atoms with Crippen molar-refractivity contribution in [2.45, 2.75) is 24.8 Å². The van der Waals surface area contributed by atoms with Gasteiger partial charge in [0.25, 0.3) is 5.91 Å². The van der Waals surface area contributed by atoms with Gasteiger partial charge in [-0.1, -0.05) is 23.4 Å². The molecule has 1 unspecified atom stereocenters. The van der Waals surface area contributed by atoms with Crippen molar-refractivity contribution in [1.29, 1.82) is 0 Å². The molecule has 0 radical (unpaired) electrons. The van der Waals surface area contributed by atoms with E-state index in [1.165, 1.54) is 0 Å². The van der Waals surface area contributed by atoms with Gasteiger partial charge in [0.2, 0.25) is 0 Å².